The molecule has 0 aliphatic heterocycles. The predicted molar refractivity (Wildman–Crippen MR) is 266 cm³/mol. The van der Waals surface area contributed by atoms with Gasteiger partial charge in [0.1, 0.15) is 11.6 Å². The van der Waals surface area contributed by atoms with E-state index < -0.39 is 0 Å². The second-order valence-electron chi connectivity index (χ2n) is 14.8. The van der Waals surface area contributed by atoms with Crippen molar-refractivity contribution >= 4 is 15.8 Å². The standard InChI is InChI=1S/2C16H9F.2C12H27P/c2*1-2-13-3-5-14(6-4-13)7-8-15-9-11-16(17)12-10-15;2*1-4-7-10-13(11-8-5-2)12-9-6-3/h2*1,3-6,9-12H;2*4-12H2,1-3H3. The van der Waals surface area contributed by atoms with E-state index in [0.717, 1.165) is 33.4 Å². The van der Waals surface area contributed by atoms with Crippen molar-refractivity contribution in [3.8, 4) is 48.4 Å². The smallest absolute Gasteiger partial charge is 0.123 e. The van der Waals surface area contributed by atoms with E-state index >= 15 is 0 Å². The Hall–Kier alpha value is -4.16. The first-order chi connectivity index (χ1) is 29.2. The third kappa shape index (κ3) is 27.6. The van der Waals surface area contributed by atoms with Crippen LogP contribution in [-0.2, 0) is 0 Å². The normalized spacial score (nSPS) is 9.87. The summed E-state index contributed by atoms with van der Waals surface area (Å²) in [4.78, 5) is 0. The molecule has 0 atom stereocenters. The van der Waals surface area contributed by atoms with Crippen LogP contribution in [0.4, 0.5) is 8.78 Å². The molecule has 0 spiro atoms. The van der Waals surface area contributed by atoms with Gasteiger partial charge >= 0.3 is 0 Å². The Labute approximate surface area is 369 Å². The fourth-order valence-electron chi connectivity index (χ4n) is 5.62. The second-order valence-corrected chi connectivity index (χ2v) is 20.1. The highest BCUT2D eigenvalue weighted by Crippen LogP contribution is 2.39. The van der Waals surface area contributed by atoms with Gasteiger partial charge in [0.05, 0.1) is 0 Å². The van der Waals surface area contributed by atoms with Crippen LogP contribution >= 0.6 is 15.8 Å². The largest absolute Gasteiger partial charge is 0.207 e. The summed E-state index contributed by atoms with van der Waals surface area (Å²) < 4.78 is 25.3. The topological polar surface area (TPSA) is 0 Å². The predicted octanol–water partition coefficient (Wildman–Crippen LogP) is 16.2. The maximum Gasteiger partial charge on any atom is 0.123 e. The number of unbranched alkanes of at least 4 members (excludes halogenated alkanes) is 6. The molecule has 0 heterocycles. The summed E-state index contributed by atoms with van der Waals surface area (Å²) >= 11 is 0. The summed E-state index contributed by atoms with van der Waals surface area (Å²) in [6.07, 6.45) is 36.9. The van der Waals surface area contributed by atoms with Crippen LogP contribution in [0.1, 0.15) is 152 Å². The molecular formula is C56H72F2P2. The Bertz CT molecular complexity index is 1680. The van der Waals surface area contributed by atoms with Crippen LogP contribution in [0.25, 0.3) is 0 Å². The molecule has 0 amide bonds. The Morgan fingerprint density at radius 1 is 0.333 bits per heavy atom. The van der Waals surface area contributed by atoms with Gasteiger partial charge in [0.25, 0.3) is 0 Å². The van der Waals surface area contributed by atoms with E-state index in [1.807, 2.05) is 48.5 Å². The lowest BCUT2D eigenvalue weighted by Crippen LogP contribution is -1.95. The van der Waals surface area contributed by atoms with Gasteiger partial charge in [-0.1, -0.05) is 116 Å². The highest BCUT2D eigenvalue weighted by molar-refractivity contribution is 7.57. The van der Waals surface area contributed by atoms with E-state index in [0.29, 0.717) is 15.8 Å². The summed E-state index contributed by atoms with van der Waals surface area (Å²) in [5, 5.41) is 0. The van der Waals surface area contributed by atoms with Crippen LogP contribution in [0.2, 0.25) is 0 Å². The molecule has 0 saturated carbocycles. The van der Waals surface area contributed by atoms with Crippen molar-refractivity contribution in [1.82, 2.24) is 0 Å². The molecule has 60 heavy (non-hydrogen) atoms. The Kier molecular flexibility index (Phi) is 32.9. The van der Waals surface area contributed by atoms with Crippen molar-refractivity contribution in [2.75, 3.05) is 37.0 Å². The fraction of sp³-hybridized carbons (Fsp3) is 0.429. The summed E-state index contributed by atoms with van der Waals surface area (Å²) in [5.41, 5.74) is 5.00. The summed E-state index contributed by atoms with van der Waals surface area (Å²) in [6, 6.07) is 27.0. The highest BCUT2D eigenvalue weighted by Gasteiger charge is 2.06. The van der Waals surface area contributed by atoms with Crippen LogP contribution in [0.15, 0.2) is 97.1 Å². The number of benzene rings is 4. The molecule has 0 nitrogen and oxygen atoms in total. The fourth-order valence-corrected chi connectivity index (χ4v) is 11.5. The monoisotopic (exact) mass is 845 g/mol. The first-order valence-corrected chi connectivity index (χ1v) is 26.2. The molecule has 4 aromatic carbocycles. The van der Waals surface area contributed by atoms with Gasteiger partial charge in [-0.15, -0.1) is 28.7 Å². The zero-order chi connectivity index (χ0) is 44.1. The molecule has 0 aliphatic rings. The third-order valence-corrected chi connectivity index (χ3v) is 15.2. The molecule has 0 N–H and O–H groups in total. The lowest BCUT2D eigenvalue weighted by Gasteiger charge is -2.16. The molecule has 0 unspecified atom stereocenters. The Morgan fingerprint density at radius 2 is 0.517 bits per heavy atom. The van der Waals surface area contributed by atoms with E-state index in [1.54, 1.807) is 61.2 Å². The molecule has 0 bridgehead atoms. The Balaban J connectivity index is 0.000000404. The van der Waals surface area contributed by atoms with Crippen molar-refractivity contribution < 1.29 is 8.78 Å². The number of hydrogen-bond donors (Lipinski definition) is 0. The molecular weight excluding hydrogens is 773 g/mol. The zero-order valence-corrected chi connectivity index (χ0v) is 39.6. The lowest BCUT2D eigenvalue weighted by molar-refractivity contribution is 0.627. The van der Waals surface area contributed by atoms with E-state index in [-0.39, 0.29) is 11.6 Å². The molecule has 0 radical (unpaired) electrons. The maximum absolute atomic E-state index is 12.7. The van der Waals surface area contributed by atoms with Crippen molar-refractivity contribution in [2.24, 2.45) is 0 Å². The number of rotatable bonds is 18. The second kappa shape index (κ2) is 36.7. The number of halogens is 2. The van der Waals surface area contributed by atoms with Crippen molar-refractivity contribution in [3.05, 3.63) is 142 Å². The maximum atomic E-state index is 12.7. The molecule has 0 fully saturated rings. The molecule has 0 aliphatic carbocycles. The Morgan fingerprint density at radius 3 is 0.700 bits per heavy atom. The molecule has 320 valence electrons. The first-order valence-electron chi connectivity index (χ1n) is 22.4. The third-order valence-electron chi connectivity index (χ3n) is 9.46. The van der Waals surface area contributed by atoms with Gasteiger partial charge in [-0.25, -0.2) is 8.78 Å². The first kappa shape index (κ1) is 53.9. The molecule has 4 heteroatoms. The van der Waals surface area contributed by atoms with Crippen LogP contribution < -0.4 is 0 Å². The van der Waals surface area contributed by atoms with Crippen LogP contribution in [0.3, 0.4) is 0 Å². The van der Waals surface area contributed by atoms with Gasteiger partial charge in [0.15, 0.2) is 0 Å². The minimum absolute atomic E-state index is 0.256. The zero-order valence-electron chi connectivity index (χ0n) is 37.8. The number of terminal acetylenes is 2. The number of hydrogen-bond acceptors (Lipinski definition) is 0. The summed E-state index contributed by atoms with van der Waals surface area (Å²) in [7, 11) is 0.843. The van der Waals surface area contributed by atoms with Crippen LogP contribution in [0.5, 0.6) is 0 Å². The van der Waals surface area contributed by atoms with Crippen molar-refractivity contribution in [1.29, 1.82) is 0 Å². The van der Waals surface area contributed by atoms with Gasteiger partial charge < -0.3 is 0 Å². The van der Waals surface area contributed by atoms with E-state index in [4.69, 9.17) is 12.8 Å². The molecule has 4 rings (SSSR count). The van der Waals surface area contributed by atoms with E-state index in [2.05, 4.69) is 77.1 Å². The van der Waals surface area contributed by atoms with Crippen LogP contribution in [0, 0.1) is 60.0 Å². The van der Waals surface area contributed by atoms with Gasteiger partial charge in [-0.3, -0.25) is 0 Å². The minimum atomic E-state index is -0.256. The van der Waals surface area contributed by atoms with Crippen molar-refractivity contribution in [3.63, 3.8) is 0 Å². The van der Waals surface area contributed by atoms with E-state index in [1.165, 1.54) is 101 Å². The summed E-state index contributed by atoms with van der Waals surface area (Å²) in [6.45, 7) is 13.9. The minimum Gasteiger partial charge on any atom is -0.207 e. The lowest BCUT2D eigenvalue weighted by atomic mass is 10.1. The summed E-state index contributed by atoms with van der Waals surface area (Å²) in [5.74, 6) is 16.5. The van der Waals surface area contributed by atoms with Crippen molar-refractivity contribution in [2.45, 2.75) is 119 Å². The van der Waals surface area contributed by atoms with Gasteiger partial charge in [0, 0.05) is 33.4 Å². The molecule has 0 saturated heterocycles. The highest BCUT2D eigenvalue weighted by atomic mass is 31.1. The molecule has 4 aromatic rings. The average Bonchev–Trinajstić information content (AvgIpc) is 3.29. The SMILES string of the molecule is C#Cc1ccc(C#Cc2ccc(F)cc2)cc1.C#Cc1ccc(C#Cc2ccc(F)cc2)cc1.CCCCP(CCCC)CCCC.CCCCP(CCCC)CCCC. The van der Waals surface area contributed by atoms with Crippen LogP contribution in [-0.4, -0.2) is 37.0 Å². The molecule has 0 aromatic heterocycles. The quantitative estimate of drug-likeness (QED) is 0.0691. The van der Waals surface area contributed by atoms with Gasteiger partial charge in [-0.2, -0.15) is 0 Å². The van der Waals surface area contributed by atoms with Gasteiger partial charge in [0.2, 0.25) is 0 Å². The average molecular weight is 845 g/mol. The van der Waals surface area contributed by atoms with E-state index in [9.17, 15) is 8.78 Å². The van der Waals surface area contributed by atoms with Gasteiger partial charge in [-0.05, 0) is 173 Å².